The standard InChI is InChI=1S/C31H39N3O7/c1-3-6-26(37)34(11-9-19-16-33-23-8-5-4-7-20(19)23)24-15-22(31(39)32-10-12-35)27-21-13-18(17-36)14-25(40-2)29(21)41-30(27)28(24)38/h4-5,7-8,13-14,16,22,24,27-28,30,33,35-36,38H,3,6,9-12,15,17H2,1-2H3,(H,32,39)/t22?,24-,27+,28+,30+/m1/s1. The Balaban J connectivity index is 1.50. The number of amides is 2. The van der Waals surface area contributed by atoms with Crippen LogP contribution in [-0.2, 0) is 22.6 Å². The first-order chi connectivity index (χ1) is 19.9. The summed E-state index contributed by atoms with van der Waals surface area (Å²) in [4.78, 5) is 32.1. The van der Waals surface area contributed by atoms with Crippen LogP contribution in [0, 0.1) is 5.92 Å². The number of H-pyrrole nitrogens is 1. The summed E-state index contributed by atoms with van der Waals surface area (Å²) in [5.74, 6) is -0.686. The Morgan fingerprint density at radius 2 is 2.02 bits per heavy atom. The minimum absolute atomic E-state index is 0.0833. The number of aromatic amines is 1. The highest BCUT2D eigenvalue weighted by Gasteiger charge is 2.55. The summed E-state index contributed by atoms with van der Waals surface area (Å²) in [5.41, 5.74) is 3.38. The maximum absolute atomic E-state index is 13.5. The van der Waals surface area contributed by atoms with Gasteiger partial charge in [0.25, 0.3) is 0 Å². The van der Waals surface area contributed by atoms with Crippen LogP contribution in [0.15, 0.2) is 42.6 Å². The molecule has 1 aliphatic heterocycles. The molecule has 1 unspecified atom stereocenters. The molecule has 220 valence electrons. The van der Waals surface area contributed by atoms with Crippen LogP contribution in [0.2, 0.25) is 0 Å². The molecular formula is C31H39N3O7. The van der Waals surface area contributed by atoms with E-state index in [2.05, 4.69) is 10.3 Å². The minimum atomic E-state index is -1.07. The maximum atomic E-state index is 13.5. The molecule has 5 atom stereocenters. The van der Waals surface area contributed by atoms with Gasteiger partial charge in [-0.25, -0.2) is 0 Å². The monoisotopic (exact) mass is 565 g/mol. The quantitative estimate of drug-likeness (QED) is 0.240. The van der Waals surface area contributed by atoms with Crippen molar-refractivity contribution in [3.05, 3.63) is 59.3 Å². The average molecular weight is 566 g/mol. The third-order valence-corrected chi connectivity index (χ3v) is 8.40. The van der Waals surface area contributed by atoms with E-state index in [9.17, 15) is 24.9 Å². The van der Waals surface area contributed by atoms with Gasteiger partial charge in [-0.05, 0) is 48.6 Å². The van der Waals surface area contributed by atoms with Crippen molar-refractivity contribution in [3.8, 4) is 11.5 Å². The molecule has 10 heteroatoms. The molecule has 3 aromatic rings. The van der Waals surface area contributed by atoms with E-state index in [0.29, 0.717) is 48.4 Å². The highest BCUT2D eigenvalue weighted by Crippen LogP contribution is 2.53. The predicted molar refractivity (Wildman–Crippen MR) is 153 cm³/mol. The number of nitrogens with zero attached hydrogens (tertiary/aromatic N) is 1. The highest BCUT2D eigenvalue weighted by atomic mass is 16.5. The second-order valence-electron chi connectivity index (χ2n) is 10.8. The topological polar surface area (TPSA) is 144 Å². The summed E-state index contributed by atoms with van der Waals surface area (Å²) >= 11 is 0. The number of rotatable bonds is 11. The molecule has 2 aliphatic rings. The van der Waals surface area contributed by atoms with E-state index >= 15 is 0 Å². The summed E-state index contributed by atoms with van der Waals surface area (Å²) in [6.07, 6.45) is 1.85. The van der Waals surface area contributed by atoms with Crippen molar-refractivity contribution in [1.29, 1.82) is 0 Å². The molecule has 1 saturated carbocycles. The van der Waals surface area contributed by atoms with Gasteiger partial charge >= 0.3 is 0 Å². The molecule has 2 amide bonds. The summed E-state index contributed by atoms with van der Waals surface area (Å²) in [5, 5.41) is 34.9. The molecule has 0 radical (unpaired) electrons. The van der Waals surface area contributed by atoms with E-state index in [1.165, 1.54) is 7.11 Å². The normalized spacial score (nSPS) is 23.0. The minimum Gasteiger partial charge on any atom is -0.493 e. The first-order valence-corrected chi connectivity index (χ1v) is 14.3. The summed E-state index contributed by atoms with van der Waals surface area (Å²) in [6, 6.07) is 10.8. The van der Waals surface area contributed by atoms with E-state index in [1.54, 1.807) is 17.0 Å². The Bertz CT molecular complexity index is 1390. The number of aliphatic hydroxyl groups is 3. The SMILES string of the molecule is CCCC(=O)N(CCc1c[nH]c2ccccc12)[C@@H]1CC(C(=O)NCCO)[C@@H]2c3cc(CO)cc(OC)c3O[C@@H]2[C@H]1O. The summed E-state index contributed by atoms with van der Waals surface area (Å²) < 4.78 is 11.9. The van der Waals surface area contributed by atoms with Crippen molar-refractivity contribution < 1.29 is 34.4 Å². The number of hydrogen-bond acceptors (Lipinski definition) is 7. The molecule has 1 aromatic heterocycles. The zero-order valence-corrected chi connectivity index (χ0v) is 23.5. The Morgan fingerprint density at radius 1 is 1.22 bits per heavy atom. The van der Waals surface area contributed by atoms with Crippen LogP contribution in [0.5, 0.6) is 11.5 Å². The van der Waals surface area contributed by atoms with Crippen molar-refractivity contribution >= 4 is 22.7 Å². The summed E-state index contributed by atoms with van der Waals surface area (Å²) in [6.45, 7) is 1.97. The van der Waals surface area contributed by atoms with Crippen LogP contribution in [0.1, 0.15) is 48.8 Å². The van der Waals surface area contributed by atoms with E-state index in [0.717, 1.165) is 16.5 Å². The van der Waals surface area contributed by atoms with Crippen molar-refractivity contribution in [2.75, 3.05) is 26.8 Å². The van der Waals surface area contributed by atoms with Crippen molar-refractivity contribution in [3.63, 3.8) is 0 Å². The Kier molecular flexibility index (Phi) is 8.82. The lowest BCUT2D eigenvalue weighted by Gasteiger charge is -2.45. The molecular weight excluding hydrogens is 526 g/mol. The fourth-order valence-electron chi connectivity index (χ4n) is 6.48. The van der Waals surface area contributed by atoms with Gasteiger partial charge in [-0.3, -0.25) is 9.59 Å². The molecule has 41 heavy (non-hydrogen) atoms. The Hall–Kier alpha value is -3.60. The average Bonchev–Trinajstić information content (AvgIpc) is 3.58. The number of aromatic nitrogens is 1. The molecule has 5 rings (SSSR count). The molecule has 1 fully saturated rings. The lowest BCUT2D eigenvalue weighted by Crippen LogP contribution is -2.60. The molecule has 2 heterocycles. The zero-order chi connectivity index (χ0) is 29.1. The third-order valence-electron chi connectivity index (χ3n) is 8.40. The lowest BCUT2D eigenvalue weighted by atomic mass is 9.70. The Morgan fingerprint density at radius 3 is 2.76 bits per heavy atom. The van der Waals surface area contributed by atoms with Crippen molar-refractivity contribution in [1.82, 2.24) is 15.2 Å². The molecule has 0 bridgehead atoms. The molecule has 1 aliphatic carbocycles. The number of benzene rings is 2. The Labute approximate surface area is 239 Å². The van der Waals surface area contributed by atoms with E-state index in [1.807, 2.05) is 37.4 Å². The number of aliphatic hydroxyl groups excluding tert-OH is 3. The highest BCUT2D eigenvalue weighted by molar-refractivity contribution is 5.83. The number of methoxy groups -OCH3 is 1. The van der Waals surface area contributed by atoms with Crippen LogP contribution in [0.4, 0.5) is 0 Å². The fraction of sp³-hybridized carbons (Fsp3) is 0.484. The molecule has 2 aromatic carbocycles. The number of nitrogens with one attached hydrogen (secondary N) is 2. The number of carbonyl (C=O) groups excluding carboxylic acids is 2. The van der Waals surface area contributed by atoms with Crippen LogP contribution in [0.25, 0.3) is 10.9 Å². The number of ether oxygens (including phenoxy) is 2. The first-order valence-electron chi connectivity index (χ1n) is 14.3. The zero-order valence-electron chi connectivity index (χ0n) is 23.5. The first kappa shape index (κ1) is 28.9. The second-order valence-corrected chi connectivity index (χ2v) is 10.8. The molecule has 5 N–H and O–H groups in total. The van der Waals surface area contributed by atoms with Crippen molar-refractivity contribution in [2.45, 2.75) is 63.4 Å². The van der Waals surface area contributed by atoms with Crippen LogP contribution >= 0.6 is 0 Å². The number of fused-ring (bicyclic) bond motifs is 4. The predicted octanol–water partition coefficient (Wildman–Crippen LogP) is 2.24. The number of para-hydroxylation sites is 1. The van der Waals surface area contributed by atoms with Gasteiger partial charge < -0.3 is 40.0 Å². The third kappa shape index (κ3) is 5.51. The van der Waals surface area contributed by atoms with Crippen LogP contribution in [0.3, 0.4) is 0 Å². The molecule has 10 nitrogen and oxygen atoms in total. The van der Waals surface area contributed by atoms with Crippen LogP contribution in [-0.4, -0.2) is 82.1 Å². The fourth-order valence-corrected chi connectivity index (χ4v) is 6.48. The maximum Gasteiger partial charge on any atom is 0.224 e. The van der Waals surface area contributed by atoms with Gasteiger partial charge in [0.05, 0.1) is 32.3 Å². The molecule has 0 saturated heterocycles. The van der Waals surface area contributed by atoms with Crippen molar-refractivity contribution in [2.24, 2.45) is 5.92 Å². The second kappa shape index (κ2) is 12.5. The smallest absolute Gasteiger partial charge is 0.224 e. The van der Waals surface area contributed by atoms with E-state index in [-0.39, 0.29) is 38.0 Å². The van der Waals surface area contributed by atoms with E-state index < -0.39 is 30.1 Å². The summed E-state index contributed by atoms with van der Waals surface area (Å²) in [7, 11) is 1.50. The van der Waals surface area contributed by atoms with Gasteiger partial charge in [0.1, 0.15) is 12.2 Å². The largest absolute Gasteiger partial charge is 0.493 e. The van der Waals surface area contributed by atoms with Crippen LogP contribution < -0.4 is 14.8 Å². The van der Waals surface area contributed by atoms with Gasteiger partial charge in [0.2, 0.25) is 11.8 Å². The van der Waals surface area contributed by atoms with E-state index in [4.69, 9.17) is 9.47 Å². The lowest BCUT2D eigenvalue weighted by molar-refractivity contribution is -0.146. The van der Waals surface area contributed by atoms with Gasteiger partial charge in [-0.2, -0.15) is 0 Å². The van der Waals surface area contributed by atoms with Gasteiger partial charge in [0.15, 0.2) is 11.5 Å². The van der Waals surface area contributed by atoms with Gasteiger partial charge in [-0.1, -0.05) is 25.1 Å². The van der Waals surface area contributed by atoms with Gasteiger partial charge in [0, 0.05) is 48.1 Å². The number of carbonyl (C=O) groups is 2. The van der Waals surface area contributed by atoms with Gasteiger partial charge in [-0.15, -0.1) is 0 Å². The number of hydrogen-bond donors (Lipinski definition) is 5. The molecule has 0 spiro atoms.